The van der Waals surface area contributed by atoms with Gasteiger partial charge in [0.15, 0.2) is 0 Å². The third-order valence-electron chi connectivity index (χ3n) is 3.06. The number of nitrogens with two attached hydrogens (primary N) is 2. The zero-order valence-electron chi connectivity index (χ0n) is 11.4. The summed E-state index contributed by atoms with van der Waals surface area (Å²) >= 11 is 0. The molecule has 0 aliphatic rings. The minimum absolute atomic E-state index is 0.316. The van der Waals surface area contributed by atoms with Crippen molar-refractivity contribution in [1.29, 1.82) is 0 Å². The molecule has 0 aliphatic carbocycles. The fourth-order valence-corrected chi connectivity index (χ4v) is 1.63. The Morgan fingerprint density at radius 3 is 2.74 bits per heavy atom. The zero-order valence-corrected chi connectivity index (χ0v) is 11.4. The molecule has 0 saturated carbocycles. The number of halogens is 1. The van der Waals surface area contributed by atoms with Crippen molar-refractivity contribution >= 4 is 5.91 Å². The summed E-state index contributed by atoms with van der Waals surface area (Å²) < 4.78 is 18.5. The second-order valence-corrected chi connectivity index (χ2v) is 5.00. The monoisotopic (exact) mass is 268 g/mol. The van der Waals surface area contributed by atoms with Gasteiger partial charge in [-0.1, -0.05) is 6.07 Å². The maximum absolute atomic E-state index is 13.0. The number of benzene rings is 1. The van der Waals surface area contributed by atoms with E-state index >= 15 is 0 Å². The number of unbranched alkanes of at least 4 members (excludes halogenated alkanes) is 1. The molecule has 1 unspecified atom stereocenters. The number of aryl methyl sites for hydroxylation is 1. The predicted octanol–water partition coefficient (Wildman–Crippen LogP) is 1.89. The molecule has 0 heterocycles. The Bertz CT molecular complexity index is 447. The van der Waals surface area contributed by atoms with E-state index in [1.165, 1.54) is 12.1 Å². The van der Waals surface area contributed by atoms with Gasteiger partial charge in [-0.05, 0) is 44.7 Å². The van der Waals surface area contributed by atoms with Gasteiger partial charge < -0.3 is 16.2 Å². The molecule has 1 atom stereocenters. The second-order valence-electron chi connectivity index (χ2n) is 5.00. The highest BCUT2D eigenvalue weighted by atomic mass is 19.1. The van der Waals surface area contributed by atoms with Crippen molar-refractivity contribution < 1.29 is 13.9 Å². The molecule has 0 saturated heterocycles. The number of hydrogen-bond acceptors (Lipinski definition) is 3. The summed E-state index contributed by atoms with van der Waals surface area (Å²) in [4.78, 5) is 11.0. The van der Waals surface area contributed by atoms with Gasteiger partial charge in [-0.15, -0.1) is 0 Å². The van der Waals surface area contributed by atoms with Crippen LogP contribution in [0.15, 0.2) is 18.2 Å². The van der Waals surface area contributed by atoms with Crippen molar-refractivity contribution in [2.75, 3.05) is 6.61 Å². The van der Waals surface area contributed by atoms with Gasteiger partial charge >= 0.3 is 0 Å². The number of carbonyl (C=O) groups is 1. The van der Waals surface area contributed by atoms with E-state index in [1.807, 2.05) is 6.92 Å². The van der Waals surface area contributed by atoms with Gasteiger partial charge in [0.1, 0.15) is 11.6 Å². The highest BCUT2D eigenvalue weighted by Gasteiger charge is 2.24. The van der Waals surface area contributed by atoms with Crippen LogP contribution in [0.4, 0.5) is 4.39 Å². The molecule has 1 aromatic rings. The largest absolute Gasteiger partial charge is 0.493 e. The summed E-state index contributed by atoms with van der Waals surface area (Å²) in [7, 11) is 0. The maximum Gasteiger partial charge on any atom is 0.237 e. The first-order valence-electron chi connectivity index (χ1n) is 6.30. The normalized spacial score (nSPS) is 13.9. The summed E-state index contributed by atoms with van der Waals surface area (Å²) in [5, 5.41) is 0. The topological polar surface area (TPSA) is 78.3 Å². The van der Waals surface area contributed by atoms with Crippen LogP contribution in [-0.2, 0) is 4.79 Å². The number of ether oxygens (including phenoxy) is 1. The number of rotatable bonds is 7. The van der Waals surface area contributed by atoms with E-state index in [0.717, 1.165) is 18.4 Å². The van der Waals surface area contributed by atoms with Gasteiger partial charge in [0.2, 0.25) is 5.91 Å². The number of hydrogen-bond donors (Lipinski definition) is 2. The Balaban J connectivity index is 2.32. The highest BCUT2D eigenvalue weighted by molar-refractivity contribution is 5.83. The van der Waals surface area contributed by atoms with Crippen LogP contribution in [0.5, 0.6) is 5.75 Å². The van der Waals surface area contributed by atoms with Gasteiger partial charge in [-0.2, -0.15) is 0 Å². The van der Waals surface area contributed by atoms with Crippen LogP contribution in [-0.4, -0.2) is 18.1 Å². The maximum atomic E-state index is 13.0. The van der Waals surface area contributed by atoms with Gasteiger partial charge in [0.05, 0.1) is 12.1 Å². The quantitative estimate of drug-likeness (QED) is 0.741. The molecule has 0 aromatic heterocycles. The fraction of sp³-hybridized carbons (Fsp3) is 0.500. The first-order valence-corrected chi connectivity index (χ1v) is 6.30. The second kappa shape index (κ2) is 6.52. The van der Waals surface area contributed by atoms with Gasteiger partial charge in [0.25, 0.3) is 0 Å². The number of amides is 1. The van der Waals surface area contributed by atoms with Crippen LogP contribution in [0.3, 0.4) is 0 Å². The molecule has 19 heavy (non-hydrogen) atoms. The van der Waals surface area contributed by atoms with Crippen LogP contribution >= 0.6 is 0 Å². The number of carbonyl (C=O) groups excluding carboxylic acids is 1. The third kappa shape index (κ3) is 4.87. The third-order valence-corrected chi connectivity index (χ3v) is 3.06. The molecule has 0 bridgehead atoms. The molecule has 5 heteroatoms. The summed E-state index contributed by atoms with van der Waals surface area (Å²) in [6, 6.07) is 4.44. The lowest BCUT2D eigenvalue weighted by atomic mass is 9.96. The smallest absolute Gasteiger partial charge is 0.237 e. The Kier molecular flexibility index (Phi) is 5.30. The molecule has 1 aromatic carbocycles. The SMILES string of the molecule is Cc1ccc(F)cc1OCCCCC(C)(N)C(N)=O. The summed E-state index contributed by atoms with van der Waals surface area (Å²) in [5.74, 6) is -0.274. The lowest BCUT2D eigenvalue weighted by molar-refractivity contribution is -0.122. The fourth-order valence-electron chi connectivity index (χ4n) is 1.63. The minimum atomic E-state index is -0.977. The first kappa shape index (κ1) is 15.4. The van der Waals surface area contributed by atoms with Crippen LogP contribution in [0.25, 0.3) is 0 Å². The van der Waals surface area contributed by atoms with Crippen LogP contribution < -0.4 is 16.2 Å². The van der Waals surface area contributed by atoms with E-state index in [-0.39, 0.29) is 5.82 Å². The van der Waals surface area contributed by atoms with E-state index in [2.05, 4.69) is 0 Å². The first-order chi connectivity index (χ1) is 8.83. The van der Waals surface area contributed by atoms with E-state index in [0.29, 0.717) is 18.8 Å². The standard InChI is InChI=1S/C14H21FN2O2/c1-10-5-6-11(15)9-12(10)19-8-4-3-7-14(2,17)13(16)18/h5-6,9H,3-4,7-8,17H2,1-2H3,(H2,16,18). The van der Waals surface area contributed by atoms with Gasteiger partial charge in [0, 0.05) is 6.07 Å². The highest BCUT2D eigenvalue weighted by Crippen LogP contribution is 2.19. The zero-order chi connectivity index (χ0) is 14.5. The molecule has 0 aliphatic heterocycles. The summed E-state index contributed by atoms with van der Waals surface area (Å²) in [6.45, 7) is 3.94. The van der Waals surface area contributed by atoms with Crippen molar-refractivity contribution in [3.63, 3.8) is 0 Å². The molecule has 4 N–H and O–H groups in total. The van der Waals surface area contributed by atoms with Crippen molar-refractivity contribution in [3.8, 4) is 5.75 Å². The lowest BCUT2D eigenvalue weighted by Gasteiger charge is -2.20. The summed E-state index contributed by atoms with van der Waals surface area (Å²) in [5.41, 5.74) is 10.8. The Labute approximate surface area is 112 Å². The van der Waals surface area contributed by atoms with E-state index in [4.69, 9.17) is 16.2 Å². The van der Waals surface area contributed by atoms with Crippen molar-refractivity contribution in [1.82, 2.24) is 0 Å². The molecule has 106 valence electrons. The van der Waals surface area contributed by atoms with Crippen LogP contribution in [0, 0.1) is 12.7 Å². The minimum Gasteiger partial charge on any atom is -0.493 e. The van der Waals surface area contributed by atoms with E-state index < -0.39 is 11.4 Å². The van der Waals surface area contributed by atoms with Crippen molar-refractivity contribution in [2.24, 2.45) is 11.5 Å². The van der Waals surface area contributed by atoms with E-state index in [1.54, 1.807) is 13.0 Å². The van der Waals surface area contributed by atoms with Gasteiger partial charge in [-0.3, -0.25) is 4.79 Å². The molecule has 1 amide bonds. The van der Waals surface area contributed by atoms with Crippen LogP contribution in [0.2, 0.25) is 0 Å². The molecule has 1 rings (SSSR count). The van der Waals surface area contributed by atoms with Crippen LogP contribution in [0.1, 0.15) is 31.7 Å². The molecule has 4 nitrogen and oxygen atoms in total. The molecular formula is C14H21FN2O2. The van der Waals surface area contributed by atoms with Crippen molar-refractivity contribution in [2.45, 2.75) is 38.6 Å². The predicted molar refractivity (Wildman–Crippen MR) is 72.3 cm³/mol. The molecule has 0 fully saturated rings. The number of primary amides is 1. The van der Waals surface area contributed by atoms with Gasteiger partial charge in [-0.25, -0.2) is 4.39 Å². The molecule has 0 radical (unpaired) electrons. The average Bonchev–Trinajstić information content (AvgIpc) is 2.32. The van der Waals surface area contributed by atoms with E-state index in [9.17, 15) is 9.18 Å². The average molecular weight is 268 g/mol. The molecule has 0 spiro atoms. The Hall–Kier alpha value is -1.62. The lowest BCUT2D eigenvalue weighted by Crippen LogP contribution is -2.49. The Morgan fingerprint density at radius 2 is 2.11 bits per heavy atom. The van der Waals surface area contributed by atoms with Crippen molar-refractivity contribution in [3.05, 3.63) is 29.6 Å². The Morgan fingerprint density at radius 1 is 1.42 bits per heavy atom. The summed E-state index contributed by atoms with van der Waals surface area (Å²) in [6.07, 6.45) is 1.97. The molecular weight excluding hydrogens is 247 g/mol.